The third-order valence-corrected chi connectivity index (χ3v) is 4.51. The normalized spacial score (nSPS) is 10.6. The van der Waals surface area contributed by atoms with Gasteiger partial charge in [-0.15, -0.1) is 0 Å². The summed E-state index contributed by atoms with van der Waals surface area (Å²) in [5, 5.41) is 11.7. The zero-order valence-corrected chi connectivity index (χ0v) is 15.9. The Kier molecular flexibility index (Phi) is 6.36. The van der Waals surface area contributed by atoms with Crippen LogP contribution in [-0.2, 0) is 24.2 Å². The van der Waals surface area contributed by atoms with Gasteiger partial charge in [0.1, 0.15) is 11.6 Å². The van der Waals surface area contributed by atoms with Gasteiger partial charge in [0.2, 0.25) is 0 Å². The molecule has 0 atom stereocenters. The van der Waals surface area contributed by atoms with Crippen molar-refractivity contribution in [3.05, 3.63) is 94.3 Å². The molecular formula is C22H19F2N3O3. The van der Waals surface area contributed by atoms with E-state index in [4.69, 9.17) is 10.8 Å². The van der Waals surface area contributed by atoms with Crippen molar-refractivity contribution < 1.29 is 23.5 Å². The molecule has 1 amide bonds. The first kappa shape index (κ1) is 20.9. The van der Waals surface area contributed by atoms with Crippen LogP contribution >= 0.6 is 0 Å². The van der Waals surface area contributed by atoms with Crippen LogP contribution in [0.15, 0.2) is 54.7 Å². The summed E-state index contributed by atoms with van der Waals surface area (Å²) in [5.41, 5.74) is 7.82. The number of hydrogen-bond donors (Lipinski definition) is 3. The smallest absolute Gasteiger partial charge is 0.307 e. The number of hydrogen-bond acceptors (Lipinski definition) is 4. The minimum atomic E-state index is -0.909. The van der Waals surface area contributed by atoms with Crippen molar-refractivity contribution in [1.29, 1.82) is 0 Å². The fraction of sp³-hybridized carbons (Fsp3) is 0.136. The molecule has 8 heteroatoms. The lowest BCUT2D eigenvalue weighted by molar-refractivity contribution is -0.136. The maximum Gasteiger partial charge on any atom is 0.307 e. The summed E-state index contributed by atoms with van der Waals surface area (Å²) < 4.78 is 27.7. The number of aliphatic carboxylic acids is 1. The molecule has 0 aliphatic rings. The quantitative estimate of drug-likeness (QED) is 0.528. The number of nitrogens with one attached hydrogen (secondary N) is 1. The maximum atomic E-state index is 13.9. The number of nitrogens with two attached hydrogens (primary N) is 1. The van der Waals surface area contributed by atoms with Crippen LogP contribution in [0.1, 0.15) is 32.7 Å². The van der Waals surface area contributed by atoms with E-state index in [1.54, 1.807) is 30.3 Å². The number of benzene rings is 2. The predicted molar refractivity (Wildman–Crippen MR) is 107 cm³/mol. The third-order valence-electron chi connectivity index (χ3n) is 4.51. The summed E-state index contributed by atoms with van der Waals surface area (Å²) in [4.78, 5) is 26.7. The van der Waals surface area contributed by atoms with Gasteiger partial charge in [-0.3, -0.25) is 14.6 Å². The number of primary amides is 1. The van der Waals surface area contributed by atoms with Gasteiger partial charge in [-0.25, -0.2) is 8.78 Å². The van der Waals surface area contributed by atoms with E-state index in [1.807, 2.05) is 0 Å². The summed E-state index contributed by atoms with van der Waals surface area (Å²) in [7, 11) is 0. The van der Waals surface area contributed by atoms with Crippen molar-refractivity contribution in [2.75, 3.05) is 5.32 Å². The predicted octanol–water partition coefficient (Wildman–Crippen LogP) is 3.29. The van der Waals surface area contributed by atoms with E-state index in [2.05, 4.69) is 10.3 Å². The molecule has 4 N–H and O–H groups in total. The number of rotatable bonds is 8. The standard InChI is InChI=1S/C22H19F2N3O3/c23-18-2-1-3-19(24)16(18)11-27-20-10-15(26-12-17(20)22(25)30)8-13-4-6-14(7-5-13)9-21(28)29/h1-7,10,12H,8-9,11H2,(H2,25,30)(H,26,27)(H,28,29). The number of anilines is 1. The fourth-order valence-corrected chi connectivity index (χ4v) is 2.98. The highest BCUT2D eigenvalue weighted by Crippen LogP contribution is 2.21. The summed E-state index contributed by atoms with van der Waals surface area (Å²) in [6.07, 6.45) is 1.66. The van der Waals surface area contributed by atoms with Gasteiger partial charge in [0, 0.05) is 30.4 Å². The SMILES string of the molecule is NC(=O)c1cnc(Cc2ccc(CC(=O)O)cc2)cc1NCc1c(F)cccc1F. The summed E-state index contributed by atoms with van der Waals surface area (Å²) in [6, 6.07) is 12.2. The maximum absolute atomic E-state index is 13.9. The molecule has 0 aliphatic heterocycles. The van der Waals surface area contributed by atoms with Crippen LogP contribution in [0.2, 0.25) is 0 Å². The van der Waals surface area contributed by atoms with Crippen LogP contribution in [-0.4, -0.2) is 22.0 Å². The summed E-state index contributed by atoms with van der Waals surface area (Å²) in [5.74, 6) is -3.02. The average Bonchev–Trinajstić information content (AvgIpc) is 2.69. The molecule has 30 heavy (non-hydrogen) atoms. The van der Waals surface area contributed by atoms with E-state index < -0.39 is 23.5 Å². The first-order chi connectivity index (χ1) is 14.3. The Hall–Kier alpha value is -3.81. The number of nitrogens with zero attached hydrogens (tertiary/aromatic N) is 1. The van der Waals surface area contributed by atoms with Gasteiger partial charge in [0.05, 0.1) is 17.7 Å². The molecule has 6 nitrogen and oxygen atoms in total. The van der Waals surface area contributed by atoms with Gasteiger partial charge in [0.25, 0.3) is 5.91 Å². The molecule has 0 radical (unpaired) electrons. The minimum absolute atomic E-state index is 0.0630. The highest BCUT2D eigenvalue weighted by atomic mass is 19.1. The van der Waals surface area contributed by atoms with E-state index in [0.717, 1.165) is 17.7 Å². The fourth-order valence-electron chi connectivity index (χ4n) is 2.98. The number of carboxylic acids is 1. The third kappa shape index (κ3) is 5.16. The largest absolute Gasteiger partial charge is 0.481 e. The van der Waals surface area contributed by atoms with Crippen LogP contribution in [0.4, 0.5) is 14.5 Å². The molecule has 3 aromatic rings. The van der Waals surface area contributed by atoms with E-state index in [9.17, 15) is 18.4 Å². The monoisotopic (exact) mass is 411 g/mol. The van der Waals surface area contributed by atoms with Gasteiger partial charge in [-0.2, -0.15) is 0 Å². The molecule has 1 heterocycles. The Morgan fingerprint density at radius 2 is 1.67 bits per heavy atom. The van der Waals surface area contributed by atoms with E-state index in [0.29, 0.717) is 23.4 Å². The number of halogens is 2. The molecule has 1 aromatic heterocycles. The number of carbonyl (C=O) groups excluding carboxylic acids is 1. The van der Waals surface area contributed by atoms with Gasteiger partial charge in [0.15, 0.2) is 0 Å². The van der Waals surface area contributed by atoms with E-state index in [1.165, 1.54) is 12.3 Å². The number of pyridine rings is 1. The molecule has 154 valence electrons. The topological polar surface area (TPSA) is 105 Å². The molecule has 0 bridgehead atoms. The Balaban J connectivity index is 1.80. The molecule has 2 aromatic carbocycles. The number of aromatic nitrogens is 1. The van der Waals surface area contributed by atoms with Crippen molar-refractivity contribution in [2.45, 2.75) is 19.4 Å². The summed E-state index contributed by atoms with van der Waals surface area (Å²) >= 11 is 0. The second kappa shape index (κ2) is 9.13. The highest BCUT2D eigenvalue weighted by Gasteiger charge is 2.13. The molecule has 0 spiro atoms. The molecule has 0 unspecified atom stereocenters. The number of carboxylic acid groups (broad SMARTS) is 1. The van der Waals surface area contributed by atoms with E-state index in [-0.39, 0.29) is 24.1 Å². The van der Waals surface area contributed by atoms with Crippen molar-refractivity contribution in [3.63, 3.8) is 0 Å². The van der Waals surface area contributed by atoms with Crippen LogP contribution < -0.4 is 11.1 Å². The molecule has 0 saturated heterocycles. The molecule has 0 saturated carbocycles. The summed E-state index contributed by atoms with van der Waals surface area (Å²) in [6.45, 7) is -0.174. The van der Waals surface area contributed by atoms with E-state index >= 15 is 0 Å². The Morgan fingerprint density at radius 3 is 2.27 bits per heavy atom. The molecule has 3 rings (SSSR count). The van der Waals surface area contributed by atoms with Crippen LogP contribution in [0.5, 0.6) is 0 Å². The Morgan fingerprint density at radius 1 is 1.03 bits per heavy atom. The van der Waals surface area contributed by atoms with Crippen molar-refractivity contribution in [1.82, 2.24) is 4.98 Å². The van der Waals surface area contributed by atoms with Crippen LogP contribution in [0.3, 0.4) is 0 Å². The van der Waals surface area contributed by atoms with Crippen LogP contribution in [0, 0.1) is 11.6 Å². The average molecular weight is 411 g/mol. The van der Waals surface area contributed by atoms with Gasteiger partial charge in [-0.1, -0.05) is 30.3 Å². The first-order valence-corrected chi connectivity index (χ1v) is 9.08. The van der Waals surface area contributed by atoms with Gasteiger partial charge >= 0.3 is 5.97 Å². The minimum Gasteiger partial charge on any atom is -0.481 e. The zero-order chi connectivity index (χ0) is 21.7. The zero-order valence-electron chi connectivity index (χ0n) is 15.9. The Bertz CT molecular complexity index is 1070. The lowest BCUT2D eigenvalue weighted by atomic mass is 10.0. The molecular weight excluding hydrogens is 392 g/mol. The van der Waals surface area contributed by atoms with Crippen molar-refractivity contribution >= 4 is 17.6 Å². The lowest BCUT2D eigenvalue weighted by Crippen LogP contribution is -2.16. The highest BCUT2D eigenvalue weighted by molar-refractivity contribution is 5.98. The van der Waals surface area contributed by atoms with Crippen LogP contribution in [0.25, 0.3) is 0 Å². The molecule has 0 aliphatic carbocycles. The second-order valence-electron chi connectivity index (χ2n) is 6.70. The number of carbonyl (C=O) groups is 2. The van der Waals surface area contributed by atoms with Crippen molar-refractivity contribution in [3.8, 4) is 0 Å². The second-order valence-corrected chi connectivity index (χ2v) is 6.70. The number of amides is 1. The van der Waals surface area contributed by atoms with Gasteiger partial charge in [-0.05, 0) is 29.3 Å². The lowest BCUT2D eigenvalue weighted by Gasteiger charge is -2.13. The van der Waals surface area contributed by atoms with Crippen molar-refractivity contribution in [2.24, 2.45) is 5.73 Å². The molecule has 0 fully saturated rings. The Labute approximate surface area is 171 Å². The first-order valence-electron chi connectivity index (χ1n) is 9.08. The van der Waals surface area contributed by atoms with Gasteiger partial charge < -0.3 is 16.2 Å².